The molecule has 1 rings (SSSR count). The van der Waals surface area contributed by atoms with E-state index in [4.69, 9.17) is 4.74 Å². The molecule has 0 fully saturated rings. The highest BCUT2D eigenvalue weighted by Gasteiger charge is 2.16. The summed E-state index contributed by atoms with van der Waals surface area (Å²) in [5.41, 5.74) is 1.20. The Kier molecular flexibility index (Phi) is 5.52. The Morgan fingerprint density at radius 2 is 2.06 bits per heavy atom. The van der Waals surface area contributed by atoms with Crippen molar-refractivity contribution in [1.29, 1.82) is 0 Å². The molecule has 0 aliphatic rings. The van der Waals surface area contributed by atoms with E-state index < -0.39 is 6.10 Å². The average Bonchev–Trinajstić information content (AvgIpc) is 2.36. The number of carbonyl (C=O) groups excluding carboxylic acids is 2. The molecule has 98 valence electrons. The molecule has 1 amide bonds. The van der Waals surface area contributed by atoms with Gasteiger partial charge in [-0.05, 0) is 32.4 Å². The molecule has 4 heteroatoms. The maximum atomic E-state index is 11.9. The molecule has 0 saturated carbocycles. The fraction of sp³-hybridized carbons (Fsp3) is 0.429. The summed E-state index contributed by atoms with van der Waals surface area (Å²) >= 11 is 0. The van der Waals surface area contributed by atoms with E-state index in [1.54, 1.807) is 24.3 Å². The molecule has 18 heavy (non-hydrogen) atoms. The van der Waals surface area contributed by atoms with Crippen LogP contribution in [-0.4, -0.2) is 24.4 Å². The van der Waals surface area contributed by atoms with E-state index >= 15 is 0 Å². The van der Waals surface area contributed by atoms with Gasteiger partial charge in [-0.2, -0.15) is 0 Å². The molecular formula is C14H19NO3. The Hall–Kier alpha value is -1.68. The van der Waals surface area contributed by atoms with Crippen LogP contribution in [0.2, 0.25) is 0 Å². The molecule has 0 unspecified atom stereocenters. The molecule has 0 heterocycles. The lowest BCUT2D eigenvalue weighted by Gasteiger charge is -2.15. The molecule has 4 nitrogen and oxygen atoms in total. The number of hydrogen-bond donors (Lipinski definition) is 1. The first-order valence-electron chi connectivity index (χ1n) is 6.12. The highest BCUT2D eigenvalue weighted by atomic mass is 16.5. The average molecular weight is 249 g/mol. The molecule has 1 aromatic carbocycles. The fourth-order valence-corrected chi connectivity index (χ4v) is 1.62. The minimum atomic E-state index is -0.448. The maximum absolute atomic E-state index is 11.9. The molecule has 1 aromatic rings. The zero-order chi connectivity index (χ0) is 13.5. The van der Waals surface area contributed by atoms with Gasteiger partial charge in [0.25, 0.3) is 5.91 Å². The SMILES string of the molecule is CCO[C@@H](CC)C(=O)Nc1cccc(C(C)=O)c1. The minimum absolute atomic E-state index is 0.0250. The summed E-state index contributed by atoms with van der Waals surface area (Å²) in [5, 5.41) is 2.76. The molecule has 1 atom stereocenters. The maximum Gasteiger partial charge on any atom is 0.253 e. The number of ketones is 1. The number of hydrogen-bond acceptors (Lipinski definition) is 3. The van der Waals surface area contributed by atoms with Gasteiger partial charge in [-0.1, -0.05) is 19.1 Å². The molecule has 0 bridgehead atoms. The number of Topliss-reactive ketones (excluding diaryl/α,β-unsaturated/α-hetero) is 1. The molecule has 1 N–H and O–H groups in total. The van der Waals surface area contributed by atoms with Crippen LogP contribution in [-0.2, 0) is 9.53 Å². The lowest BCUT2D eigenvalue weighted by Crippen LogP contribution is -2.29. The van der Waals surface area contributed by atoms with Crippen molar-refractivity contribution in [3.63, 3.8) is 0 Å². The van der Waals surface area contributed by atoms with Gasteiger partial charge in [0.2, 0.25) is 0 Å². The Morgan fingerprint density at radius 1 is 1.33 bits per heavy atom. The molecule has 0 aliphatic heterocycles. The normalized spacial score (nSPS) is 11.9. The Morgan fingerprint density at radius 3 is 2.61 bits per heavy atom. The number of ether oxygens (including phenoxy) is 1. The van der Waals surface area contributed by atoms with Crippen molar-refractivity contribution >= 4 is 17.4 Å². The van der Waals surface area contributed by atoms with E-state index in [-0.39, 0.29) is 11.7 Å². The topological polar surface area (TPSA) is 55.4 Å². The highest BCUT2D eigenvalue weighted by Crippen LogP contribution is 2.12. The summed E-state index contributed by atoms with van der Waals surface area (Å²) in [6, 6.07) is 6.88. The first-order valence-corrected chi connectivity index (χ1v) is 6.12. The summed E-state index contributed by atoms with van der Waals surface area (Å²) < 4.78 is 5.32. The third kappa shape index (κ3) is 3.96. The molecule has 0 saturated heterocycles. The second-order valence-corrected chi connectivity index (χ2v) is 3.98. The van der Waals surface area contributed by atoms with Gasteiger partial charge in [0, 0.05) is 17.9 Å². The van der Waals surface area contributed by atoms with E-state index in [1.165, 1.54) is 6.92 Å². The number of rotatable bonds is 6. The van der Waals surface area contributed by atoms with Crippen molar-refractivity contribution in [2.45, 2.75) is 33.3 Å². The van der Waals surface area contributed by atoms with Gasteiger partial charge >= 0.3 is 0 Å². The molecular weight excluding hydrogens is 230 g/mol. The second-order valence-electron chi connectivity index (χ2n) is 3.98. The predicted octanol–water partition coefficient (Wildman–Crippen LogP) is 2.64. The van der Waals surface area contributed by atoms with Crippen LogP contribution >= 0.6 is 0 Å². The summed E-state index contributed by atoms with van der Waals surface area (Å²) in [7, 11) is 0. The Labute approximate surface area is 107 Å². The van der Waals surface area contributed by atoms with E-state index in [1.807, 2.05) is 13.8 Å². The van der Waals surface area contributed by atoms with Crippen LogP contribution in [0.15, 0.2) is 24.3 Å². The number of amides is 1. The molecule has 0 aromatic heterocycles. The third-order valence-electron chi connectivity index (χ3n) is 2.57. The first kappa shape index (κ1) is 14.4. The van der Waals surface area contributed by atoms with Crippen LogP contribution in [0.25, 0.3) is 0 Å². The lowest BCUT2D eigenvalue weighted by molar-refractivity contribution is -0.127. The zero-order valence-corrected chi connectivity index (χ0v) is 11.0. The summed E-state index contributed by atoms with van der Waals surface area (Å²) in [6.07, 6.45) is 0.169. The smallest absolute Gasteiger partial charge is 0.253 e. The van der Waals surface area contributed by atoms with Crippen LogP contribution in [0.4, 0.5) is 5.69 Å². The lowest BCUT2D eigenvalue weighted by atomic mass is 10.1. The molecule has 0 spiro atoms. The number of nitrogens with one attached hydrogen (secondary N) is 1. The Balaban J connectivity index is 2.74. The van der Waals surface area contributed by atoms with Crippen molar-refractivity contribution in [1.82, 2.24) is 0 Å². The first-order chi connectivity index (χ1) is 8.58. The van der Waals surface area contributed by atoms with Gasteiger partial charge in [0.05, 0.1) is 0 Å². The van der Waals surface area contributed by atoms with Gasteiger partial charge in [0.15, 0.2) is 5.78 Å². The third-order valence-corrected chi connectivity index (χ3v) is 2.57. The van der Waals surface area contributed by atoms with E-state index in [0.29, 0.717) is 24.3 Å². The quantitative estimate of drug-likeness (QED) is 0.788. The zero-order valence-electron chi connectivity index (χ0n) is 11.0. The number of benzene rings is 1. The van der Waals surface area contributed by atoms with Crippen molar-refractivity contribution < 1.29 is 14.3 Å². The van der Waals surface area contributed by atoms with Crippen LogP contribution in [0.3, 0.4) is 0 Å². The van der Waals surface area contributed by atoms with Gasteiger partial charge < -0.3 is 10.1 Å². The van der Waals surface area contributed by atoms with E-state index in [2.05, 4.69) is 5.32 Å². The van der Waals surface area contributed by atoms with Crippen LogP contribution in [0.1, 0.15) is 37.6 Å². The van der Waals surface area contributed by atoms with Gasteiger partial charge in [-0.3, -0.25) is 9.59 Å². The minimum Gasteiger partial charge on any atom is -0.369 e. The summed E-state index contributed by atoms with van der Waals surface area (Å²) in [5.74, 6) is -0.206. The highest BCUT2D eigenvalue weighted by molar-refractivity contribution is 5.98. The summed E-state index contributed by atoms with van der Waals surface area (Å²) in [6.45, 7) is 5.74. The van der Waals surface area contributed by atoms with Crippen molar-refractivity contribution in [3.05, 3.63) is 29.8 Å². The second kappa shape index (κ2) is 6.91. The predicted molar refractivity (Wildman–Crippen MR) is 70.8 cm³/mol. The van der Waals surface area contributed by atoms with E-state index in [0.717, 1.165) is 0 Å². The van der Waals surface area contributed by atoms with Crippen LogP contribution < -0.4 is 5.32 Å². The van der Waals surface area contributed by atoms with Gasteiger partial charge in [-0.15, -0.1) is 0 Å². The van der Waals surface area contributed by atoms with Gasteiger partial charge in [0.1, 0.15) is 6.10 Å². The van der Waals surface area contributed by atoms with Crippen LogP contribution in [0, 0.1) is 0 Å². The monoisotopic (exact) mass is 249 g/mol. The van der Waals surface area contributed by atoms with Crippen molar-refractivity contribution in [2.75, 3.05) is 11.9 Å². The largest absolute Gasteiger partial charge is 0.369 e. The Bertz CT molecular complexity index is 429. The fourth-order valence-electron chi connectivity index (χ4n) is 1.62. The van der Waals surface area contributed by atoms with Crippen LogP contribution in [0.5, 0.6) is 0 Å². The van der Waals surface area contributed by atoms with Crippen molar-refractivity contribution in [2.24, 2.45) is 0 Å². The van der Waals surface area contributed by atoms with E-state index in [9.17, 15) is 9.59 Å². The van der Waals surface area contributed by atoms with Crippen molar-refractivity contribution in [3.8, 4) is 0 Å². The number of carbonyl (C=O) groups is 2. The molecule has 0 radical (unpaired) electrons. The standard InChI is InChI=1S/C14H19NO3/c1-4-13(18-5-2)14(17)15-12-8-6-7-11(9-12)10(3)16/h6-9,13H,4-5H2,1-3H3,(H,15,17)/t13-/m0/s1. The number of anilines is 1. The summed E-state index contributed by atoms with van der Waals surface area (Å²) in [4.78, 5) is 23.1. The molecule has 0 aliphatic carbocycles. The van der Waals surface area contributed by atoms with Gasteiger partial charge in [-0.25, -0.2) is 0 Å².